The summed E-state index contributed by atoms with van der Waals surface area (Å²) >= 11 is 8.31. The van der Waals surface area contributed by atoms with Crippen LogP contribution in [0.5, 0.6) is 0 Å². The number of carbonyl (C=O) groups is 2. The van der Waals surface area contributed by atoms with Crippen molar-refractivity contribution >= 4 is 56.7 Å². The van der Waals surface area contributed by atoms with E-state index >= 15 is 0 Å². The van der Waals surface area contributed by atoms with Gasteiger partial charge in [-0.1, -0.05) is 35.5 Å². The summed E-state index contributed by atoms with van der Waals surface area (Å²) in [6.45, 7) is 0. The first-order chi connectivity index (χ1) is 17.4. The van der Waals surface area contributed by atoms with E-state index in [-0.39, 0.29) is 22.2 Å². The van der Waals surface area contributed by atoms with E-state index < -0.39 is 17.6 Å². The van der Waals surface area contributed by atoms with E-state index in [1.54, 1.807) is 24.3 Å². The number of halogens is 2. The van der Waals surface area contributed by atoms with Gasteiger partial charge < -0.3 is 0 Å². The van der Waals surface area contributed by atoms with Crippen LogP contribution >= 0.6 is 34.7 Å². The monoisotopic (exact) mass is 542 g/mol. The molecule has 1 aliphatic rings. The smallest absolute Gasteiger partial charge is 0.269 e. The number of aromatic nitrogens is 2. The molecule has 2 aromatic heterocycles. The van der Waals surface area contributed by atoms with Gasteiger partial charge in [0.05, 0.1) is 16.8 Å². The third-order valence-corrected chi connectivity index (χ3v) is 8.18. The van der Waals surface area contributed by atoms with Crippen LogP contribution in [0.15, 0.2) is 58.5 Å². The van der Waals surface area contributed by atoms with Crippen LogP contribution in [0.3, 0.4) is 0 Å². The summed E-state index contributed by atoms with van der Waals surface area (Å²) in [5.74, 6) is -1.73. The van der Waals surface area contributed by atoms with Crippen LogP contribution in [0.1, 0.15) is 33.6 Å². The number of thioether (sulfide) groups is 1. The summed E-state index contributed by atoms with van der Waals surface area (Å²) in [7, 11) is 0. The highest BCUT2D eigenvalue weighted by Crippen LogP contribution is 2.35. The molecule has 0 spiro atoms. The van der Waals surface area contributed by atoms with E-state index in [0.29, 0.717) is 20.8 Å². The van der Waals surface area contributed by atoms with Crippen molar-refractivity contribution in [3.63, 3.8) is 0 Å². The maximum Gasteiger partial charge on any atom is 0.269 e. The molecule has 7 nitrogen and oxygen atoms in total. The molecule has 184 valence electrons. The number of para-hydroxylation sites is 1. The van der Waals surface area contributed by atoms with Crippen molar-refractivity contribution in [2.75, 3.05) is 5.75 Å². The number of nitrogens with one attached hydrogen (secondary N) is 2. The van der Waals surface area contributed by atoms with Crippen molar-refractivity contribution in [3.8, 4) is 5.69 Å². The molecule has 1 aliphatic carbocycles. The molecule has 11 heteroatoms. The lowest BCUT2D eigenvalue weighted by molar-refractivity contribution is -0.119. The molecule has 36 heavy (non-hydrogen) atoms. The minimum atomic E-state index is -0.564. The Morgan fingerprint density at radius 1 is 1.08 bits per heavy atom. The van der Waals surface area contributed by atoms with Gasteiger partial charge in [0, 0.05) is 15.5 Å². The fourth-order valence-corrected chi connectivity index (χ4v) is 6.33. The lowest BCUT2D eigenvalue weighted by Crippen LogP contribution is -2.42. The minimum Gasteiger partial charge on any atom is -0.272 e. The summed E-state index contributed by atoms with van der Waals surface area (Å²) < 4.78 is 16.0. The standard InChI is InChI=1S/C25H20ClFN4O3S2/c26-15-11-9-14(10-12-15)22(33)30-29-20(32)13-35-25-28-23-21(16-5-1-4-8-19(16)36-23)24(34)31(25)18-7-3-2-6-17(18)27/h2-3,6-7,9-12H,1,4-5,8,13H2,(H,29,32)(H,30,33). The highest BCUT2D eigenvalue weighted by atomic mass is 35.5. The van der Waals surface area contributed by atoms with Gasteiger partial charge >= 0.3 is 0 Å². The van der Waals surface area contributed by atoms with E-state index in [4.69, 9.17) is 11.6 Å². The van der Waals surface area contributed by atoms with Crippen molar-refractivity contribution in [2.45, 2.75) is 30.8 Å². The maximum absolute atomic E-state index is 14.8. The summed E-state index contributed by atoms with van der Waals surface area (Å²) in [4.78, 5) is 44.8. The molecule has 2 aromatic carbocycles. The fraction of sp³-hybridized carbons (Fsp3) is 0.200. The number of hydrazine groups is 1. The van der Waals surface area contributed by atoms with Crippen molar-refractivity contribution < 1.29 is 14.0 Å². The van der Waals surface area contributed by atoms with Gasteiger partial charge in [0.2, 0.25) is 5.91 Å². The van der Waals surface area contributed by atoms with E-state index in [0.717, 1.165) is 47.9 Å². The third kappa shape index (κ3) is 4.88. The van der Waals surface area contributed by atoms with Crippen LogP contribution in [0.4, 0.5) is 4.39 Å². The second-order valence-corrected chi connectivity index (χ2v) is 10.6. The van der Waals surface area contributed by atoms with Crippen molar-refractivity contribution in [1.82, 2.24) is 20.4 Å². The van der Waals surface area contributed by atoms with Crippen LogP contribution < -0.4 is 16.4 Å². The average molecular weight is 543 g/mol. The molecule has 4 aromatic rings. The molecule has 2 heterocycles. The number of fused-ring (bicyclic) bond motifs is 3. The molecule has 2 amide bonds. The molecule has 2 N–H and O–H groups in total. The number of benzene rings is 2. The largest absolute Gasteiger partial charge is 0.272 e. The molecule has 0 radical (unpaired) electrons. The predicted molar refractivity (Wildman–Crippen MR) is 140 cm³/mol. The minimum absolute atomic E-state index is 0.0756. The highest BCUT2D eigenvalue weighted by Gasteiger charge is 2.24. The van der Waals surface area contributed by atoms with Gasteiger partial charge in [-0.15, -0.1) is 11.3 Å². The van der Waals surface area contributed by atoms with Crippen LogP contribution in [0.2, 0.25) is 5.02 Å². The van der Waals surface area contributed by atoms with E-state index in [2.05, 4.69) is 15.8 Å². The molecule has 0 saturated carbocycles. The molecule has 0 fully saturated rings. The van der Waals surface area contributed by atoms with E-state index in [1.807, 2.05) is 0 Å². The highest BCUT2D eigenvalue weighted by molar-refractivity contribution is 7.99. The summed E-state index contributed by atoms with van der Waals surface area (Å²) in [6, 6.07) is 12.2. The molecular weight excluding hydrogens is 523 g/mol. The maximum atomic E-state index is 14.8. The normalized spacial score (nSPS) is 12.8. The number of hydrogen-bond donors (Lipinski definition) is 2. The van der Waals surface area contributed by atoms with Crippen LogP contribution in [0.25, 0.3) is 15.9 Å². The van der Waals surface area contributed by atoms with E-state index in [9.17, 15) is 18.8 Å². The van der Waals surface area contributed by atoms with Gasteiger partial charge in [-0.25, -0.2) is 9.37 Å². The lowest BCUT2D eigenvalue weighted by Gasteiger charge is -2.14. The number of hydrogen-bond acceptors (Lipinski definition) is 6. The first-order valence-electron chi connectivity index (χ1n) is 11.2. The second kappa shape index (κ2) is 10.4. The molecule has 0 bridgehead atoms. The Kier molecular flexibility index (Phi) is 7.08. The van der Waals surface area contributed by atoms with Gasteiger partial charge in [0.1, 0.15) is 10.6 Å². The van der Waals surface area contributed by atoms with Crippen LogP contribution in [0, 0.1) is 5.82 Å². The Bertz CT molecular complexity index is 1540. The van der Waals surface area contributed by atoms with E-state index in [1.165, 1.54) is 40.2 Å². The Morgan fingerprint density at radius 2 is 1.83 bits per heavy atom. The number of amides is 2. The SMILES string of the molecule is O=C(CSc1nc2sc3c(c2c(=O)n1-c1ccccc1F)CCCC3)NNC(=O)c1ccc(Cl)cc1. The van der Waals surface area contributed by atoms with Gasteiger partial charge in [-0.2, -0.15) is 0 Å². The second-order valence-electron chi connectivity index (χ2n) is 8.18. The zero-order chi connectivity index (χ0) is 25.2. The summed E-state index contributed by atoms with van der Waals surface area (Å²) in [5.41, 5.74) is 5.75. The number of thiophene rings is 1. The number of carbonyl (C=O) groups excluding carboxylic acids is 2. The number of rotatable bonds is 5. The van der Waals surface area contributed by atoms with Crippen molar-refractivity contribution in [3.05, 3.63) is 85.7 Å². The Balaban J connectivity index is 1.41. The van der Waals surface area contributed by atoms with Gasteiger partial charge in [0.25, 0.3) is 11.5 Å². The Labute approximate surface area is 218 Å². The van der Waals surface area contributed by atoms with Gasteiger partial charge in [-0.3, -0.25) is 29.8 Å². The van der Waals surface area contributed by atoms with Crippen LogP contribution in [-0.4, -0.2) is 27.1 Å². The average Bonchev–Trinajstić information content (AvgIpc) is 3.26. The van der Waals surface area contributed by atoms with Crippen molar-refractivity contribution in [2.24, 2.45) is 0 Å². The number of nitrogens with zero attached hydrogens (tertiary/aromatic N) is 2. The molecule has 0 aliphatic heterocycles. The zero-order valence-corrected chi connectivity index (χ0v) is 21.2. The van der Waals surface area contributed by atoms with Crippen LogP contribution in [-0.2, 0) is 17.6 Å². The summed E-state index contributed by atoms with van der Waals surface area (Å²) in [5, 5.41) is 1.22. The topological polar surface area (TPSA) is 93.1 Å². The Hall–Kier alpha value is -3.21. The predicted octanol–water partition coefficient (Wildman–Crippen LogP) is 4.67. The number of aryl methyl sites for hydroxylation is 2. The molecule has 0 atom stereocenters. The molecule has 0 saturated heterocycles. The molecule has 0 unspecified atom stereocenters. The fourth-order valence-electron chi connectivity index (χ4n) is 4.09. The van der Waals surface area contributed by atoms with Gasteiger partial charge in [0.15, 0.2) is 5.16 Å². The lowest BCUT2D eigenvalue weighted by atomic mass is 9.97. The summed E-state index contributed by atoms with van der Waals surface area (Å²) in [6.07, 6.45) is 3.75. The zero-order valence-electron chi connectivity index (χ0n) is 18.8. The molecular formula is C25H20ClFN4O3S2. The van der Waals surface area contributed by atoms with Gasteiger partial charge in [-0.05, 0) is 67.6 Å². The quantitative estimate of drug-likeness (QED) is 0.217. The first kappa shape index (κ1) is 24.5. The third-order valence-electron chi connectivity index (χ3n) is 5.81. The first-order valence-corrected chi connectivity index (χ1v) is 13.4. The molecule has 5 rings (SSSR count). The van der Waals surface area contributed by atoms with Crippen molar-refractivity contribution in [1.29, 1.82) is 0 Å². The Morgan fingerprint density at radius 3 is 2.61 bits per heavy atom.